The first kappa shape index (κ1) is 13.9. The third kappa shape index (κ3) is 3.47. The van der Waals surface area contributed by atoms with Crippen LogP contribution in [-0.2, 0) is 11.3 Å². The fraction of sp³-hybridized carbons (Fsp3) is 0.118. The van der Waals surface area contributed by atoms with Crippen LogP contribution >= 0.6 is 0 Å². The monoisotopic (exact) mass is 265 g/mol. The SMILES string of the molecule is C#Cc1cccc(NC(=O)c2ccc(COC)cc2)c1. The molecular formula is C17H15NO2. The Morgan fingerprint density at radius 3 is 2.65 bits per heavy atom. The molecule has 0 saturated heterocycles. The van der Waals surface area contributed by atoms with Crippen LogP contribution in [0.2, 0.25) is 0 Å². The summed E-state index contributed by atoms with van der Waals surface area (Å²) in [7, 11) is 1.64. The Morgan fingerprint density at radius 2 is 2.00 bits per heavy atom. The van der Waals surface area contributed by atoms with Gasteiger partial charge in [-0.3, -0.25) is 4.79 Å². The lowest BCUT2D eigenvalue weighted by molar-refractivity contribution is 0.102. The summed E-state index contributed by atoms with van der Waals surface area (Å²) < 4.78 is 5.03. The van der Waals surface area contributed by atoms with Gasteiger partial charge < -0.3 is 10.1 Å². The van der Waals surface area contributed by atoms with Gasteiger partial charge in [-0.2, -0.15) is 0 Å². The Kier molecular flexibility index (Phi) is 4.54. The van der Waals surface area contributed by atoms with Gasteiger partial charge in [-0.15, -0.1) is 6.42 Å². The minimum Gasteiger partial charge on any atom is -0.380 e. The van der Waals surface area contributed by atoms with Crippen molar-refractivity contribution in [2.45, 2.75) is 6.61 Å². The summed E-state index contributed by atoms with van der Waals surface area (Å²) in [5.74, 6) is 2.37. The molecule has 2 aromatic rings. The van der Waals surface area contributed by atoms with Crippen molar-refractivity contribution in [2.24, 2.45) is 0 Å². The number of ether oxygens (including phenoxy) is 1. The molecule has 0 heterocycles. The Bertz CT molecular complexity index is 639. The molecule has 0 aromatic heterocycles. The molecule has 0 saturated carbocycles. The lowest BCUT2D eigenvalue weighted by atomic mass is 10.1. The van der Waals surface area contributed by atoms with Gasteiger partial charge in [0.2, 0.25) is 0 Å². The largest absolute Gasteiger partial charge is 0.380 e. The van der Waals surface area contributed by atoms with E-state index in [4.69, 9.17) is 11.2 Å². The lowest BCUT2D eigenvalue weighted by Gasteiger charge is -2.06. The van der Waals surface area contributed by atoms with E-state index in [1.54, 1.807) is 31.4 Å². The van der Waals surface area contributed by atoms with Gasteiger partial charge in [-0.05, 0) is 35.9 Å². The van der Waals surface area contributed by atoms with E-state index in [9.17, 15) is 4.79 Å². The van der Waals surface area contributed by atoms with Crippen LogP contribution in [0.1, 0.15) is 21.5 Å². The predicted molar refractivity (Wildman–Crippen MR) is 79.5 cm³/mol. The number of hydrogen-bond donors (Lipinski definition) is 1. The summed E-state index contributed by atoms with van der Waals surface area (Å²) in [6.07, 6.45) is 5.33. The smallest absolute Gasteiger partial charge is 0.255 e. The van der Waals surface area contributed by atoms with E-state index in [1.165, 1.54) is 0 Å². The molecule has 20 heavy (non-hydrogen) atoms. The number of benzene rings is 2. The van der Waals surface area contributed by atoms with Crippen LogP contribution in [0.5, 0.6) is 0 Å². The van der Waals surface area contributed by atoms with E-state index in [1.807, 2.05) is 24.3 Å². The number of amides is 1. The Balaban J connectivity index is 2.09. The molecule has 3 nitrogen and oxygen atoms in total. The second-order valence-electron chi connectivity index (χ2n) is 4.31. The van der Waals surface area contributed by atoms with E-state index in [2.05, 4.69) is 11.2 Å². The summed E-state index contributed by atoms with van der Waals surface area (Å²) in [4.78, 5) is 12.1. The molecule has 1 amide bonds. The van der Waals surface area contributed by atoms with Crippen LogP contribution in [0.25, 0.3) is 0 Å². The number of anilines is 1. The molecule has 3 heteroatoms. The Labute approximate surface area is 118 Å². The van der Waals surface area contributed by atoms with E-state index >= 15 is 0 Å². The molecule has 2 rings (SSSR count). The van der Waals surface area contributed by atoms with Crippen molar-refractivity contribution >= 4 is 11.6 Å². The summed E-state index contributed by atoms with van der Waals surface area (Å²) in [6.45, 7) is 0.534. The normalized spacial score (nSPS) is 9.80. The summed E-state index contributed by atoms with van der Waals surface area (Å²) in [5, 5.41) is 2.82. The van der Waals surface area contributed by atoms with Crippen LogP contribution in [0.15, 0.2) is 48.5 Å². The van der Waals surface area contributed by atoms with E-state index in [-0.39, 0.29) is 5.91 Å². The zero-order valence-corrected chi connectivity index (χ0v) is 11.2. The predicted octanol–water partition coefficient (Wildman–Crippen LogP) is 3.07. The molecule has 0 radical (unpaired) electrons. The fourth-order valence-corrected chi connectivity index (χ4v) is 1.81. The highest BCUT2D eigenvalue weighted by molar-refractivity contribution is 6.04. The maximum absolute atomic E-state index is 12.1. The van der Waals surface area contributed by atoms with E-state index in [0.29, 0.717) is 17.9 Å². The lowest BCUT2D eigenvalue weighted by Crippen LogP contribution is -2.11. The average molecular weight is 265 g/mol. The maximum Gasteiger partial charge on any atom is 0.255 e. The van der Waals surface area contributed by atoms with Crippen LogP contribution in [0.4, 0.5) is 5.69 Å². The molecule has 100 valence electrons. The maximum atomic E-state index is 12.1. The van der Waals surface area contributed by atoms with Gasteiger partial charge in [0.15, 0.2) is 0 Å². The van der Waals surface area contributed by atoms with E-state index < -0.39 is 0 Å². The highest BCUT2D eigenvalue weighted by atomic mass is 16.5. The van der Waals surface area contributed by atoms with E-state index in [0.717, 1.165) is 11.1 Å². The Hall–Kier alpha value is -2.57. The molecule has 0 bridgehead atoms. The number of carbonyl (C=O) groups excluding carboxylic acids is 1. The van der Waals surface area contributed by atoms with Crippen molar-refractivity contribution < 1.29 is 9.53 Å². The standard InChI is InChI=1S/C17H15NO2/c1-3-13-5-4-6-16(11-13)18-17(19)15-9-7-14(8-10-15)12-20-2/h1,4-11H,12H2,2H3,(H,18,19). The fourth-order valence-electron chi connectivity index (χ4n) is 1.81. The van der Waals surface area contributed by atoms with Crippen molar-refractivity contribution in [3.63, 3.8) is 0 Å². The summed E-state index contributed by atoms with van der Waals surface area (Å²) in [5.41, 5.74) is 3.04. The van der Waals surface area contributed by atoms with Gasteiger partial charge in [0, 0.05) is 23.9 Å². The summed E-state index contributed by atoms with van der Waals surface area (Å²) >= 11 is 0. The van der Waals surface area contributed by atoms with Crippen LogP contribution in [0.3, 0.4) is 0 Å². The first-order valence-electron chi connectivity index (χ1n) is 6.19. The second-order valence-corrected chi connectivity index (χ2v) is 4.31. The quantitative estimate of drug-likeness (QED) is 0.863. The number of nitrogens with one attached hydrogen (secondary N) is 1. The highest BCUT2D eigenvalue weighted by Crippen LogP contribution is 2.12. The third-order valence-electron chi connectivity index (χ3n) is 2.81. The highest BCUT2D eigenvalue weighted by Gasteiger charge is 2.06. The van der Waals surface area contributed by atoms with Gasteiger partial charge in [-0.25, -0.2) is 0 Å². The number of hydrogen-bond acceptors (Lipinski definition) is 2. The summed E-state index contributed by atoms with van der Waals surface area (Å²) in [6, 6.07) is 14.5. The molecule has 0 atom stereocenters. The van der Waals surface area contributed by atoms with Crippen molar-refractivity contribution in [1.29, 1.82) is 0 Å². The van der Waals surface area contributed by atoms with Gasteiger partial charge in [0.25, 0.3) is 5.91 Å². The van der Waals surface area contributed by atoms with Crippen LogP contribution in [0, 0.1) is 12.3 Å². The van der Waals surface area contributed by atoms with Gasteiger partial charge in [0.1, 0.15) is 0 Å². The number of terminal acetylenes is 1. The number of methoxy groups -OCH3 is 1. The number of carbonyl (C=O) groups is 1. The van der Waals surface area contributed by atoms with Crippen molar-refractivity contribution in [3.8, 4) is 12.3 Å². The molecule has 0 spiro atoms. The minimum atomic E-state index is -0.164. The first-order chi connectivity index (χ1) is 9.72. The molecule has 2 aromatic carbocycles. The van der Waals surface area contributed by atoms with Gasteiger partial charge >= 0.3 is 0 Å². The zero-order valence-electron chi connectivity index (χ0n) is 11.2. The van der Waals surface area contributed by atoms with Crippen LogP contribution in [-0.4, -0.2) is 13.0 Å². The van der Waals surface area contributed by atoms with Crippen LogP contribution < -0.4 is 5.32 Å². The second kappa shape index (κ2) is 6.55. The van der Waals surface area contributed by atoms with Gasteiger partial charge in [-0.1, -0.05) is 24.1 Å². The molecule has 0 aliphatic heterocycles. The molecule has 0 aliphatic rings. The topological polar surface area (TPSA) is 38.3 Å². The zero-order chi connectivity index (χ0) is 14.4. The van der Waals surface area contributed by atoms with Crippen molar-refractivity contribution in [1.82, 2.24) is 0 Å². The molecular weight excluding hydrogens is 250 g/mol. The molecule has 0 fully saturated rings. The van der Waals surface area contributed by atoms with Crippen molar-refractivity contribution in [2.75, 3.05) is 12.4 Å². The Morgan fingerprint density at radius 1 is 1.25 bits per heavy atom. The minimum absolute atomic E-state index is 0.164. The average Bonchev–Trinajstić information content (AvgIpc) is 2.48. The van der Waals surface area contributed by atoms with Crippen molar-refractivity contribution in [3.05, 3.63) is 65.2 Å². The molecule has 0 unspecified atom stereocenters. The number of rotatable bonds is 4. The third-order valence-corrected chi connectivity index (χ3v) is 2.81. The first-order valence-corrected chi connectivity index (χ1v) is 6.19. The molecule has 0 aliphatic carbocycles. The molecule has 1 N–H and O–H groups in total. The van der Waals surface area contributed by atoms with Gasteiger partial charge in [0.05, 0.1) is 6.61 Å².